The van der Waals surface area contributed by atoms with Crippen LogP contribution in [-0.4, -0.2) is 50.2 Å². The average Bonchev–Trinajstić information content (AvgIpc) is 2.19. The normalized spacial score (nSPS) is 10.1. The average molecular weight is 231 g/mol. The van der Waals surface area contributed by atoms with Gasteiger partial charge in [0.2, 0.25) is 0 Å². The lowest BCUT2D eigenvalue weighted by Crippen LogP contribution is -2.34. The van der Waals surface area contributed by atoms with Crippen molar-refractivity contribution in [2.45, 2.75) is 12.8 Å². The summed E-state index contributed by atoms with van der Waals surface area (Å²) in [6.07, 6.45) is 1.70. The molecule has 0 heterocycles. The number of carbonyl (C=O) groups is 2. The number of hydrogen-bond acceptors (Lipinski definition) is 3. The highest BCUT2D eigenvalue weighted by atomic mass is 16.2. The summed E-state index contributed by atoms with van der Waals surface area (Å²) in [5.74, 6) is 0. The van der Waals surface area contributed by atoms with Crippen LogP contribution in [-0.2, 0) is 0 Å². The van der Waals surface area contributed by atoms with Crippen molar-refractivity contribution in [2.75, 3.05) is 33.2 Å². The van der Waals surface area contributed by atoms with Gasteiger partial charge in [0, 0.05) is 13.1 Å². The molecular weight excluding hydrogens is 210 g/mol. The smallest absolute Gasteiger partial charge is 0.312 e. The van der Waals surface area contributed by atoms with Crippen molar-refractivity contribution in [3.8, 4) is 0 Å². The van der Waals surface area contributed by atoms with Crippen molar-refractivity contribution >= 4 is 12.1 Å². The fraction of sp³-hybridized carbons (Fsp3) is 0.778. The van der Waals surface area contributed by atoms with Gasteiger partial charge >= 0.3 is 12.1 Å². The van der Waals surface area contributed by atoms with E-state index in [0.717, 1.165) is 25.9 Å². The first-order chi connectivity index (χ1) is 7.52. The van der Waals surface area contributed by atoms with E-state index in [4.69, 9.17) is 11.5 Å². The summed E-state index contributed by atoms with van der Waals surface area (Å²) in [4.78, 5) is 22.8. The first-order valence-corrected chi connectivity index (χ1v) is 5.27. The van der Waals surface area contributed by atoms with Gasteiger partial charge in [-0.15, -0.1) is 0 Å². The predicted molar refractivity (Wildman–Crippen MR) is 61.9 cm³/mol. The minimum atomic E-state index is -0.492. The Bertz CT molecular complexity index is 200. The monoisotopic (exact) mass is 231 g/mol. The SMILES string of the molecule is CN(CCCNC(N)=O)CCCNC(N)=O. The number of nitrogens with two attached hydrogens (primary N) is 2. The summed E-state index contributed by atoms with van der Waals surface area (Å²) in [6, 6.07) is -0.985. The van der Waals surface area contributed by atoms with Crippen molar-refractivity contribution in [3.63, 3.8) is 0 Å². The second-order valence-electron chi connectivity index (χ2n) is 3.59. The third-order valence-corrected chi connectivity index (χ3v) is 2.03. The van der Waals surface area contributed by atoms with Crippen molar-refractivity contribution in [2.24, 2.45) is 11.5 Å². The van der Waals surface area contributed by atoms with Crippen LogP contribution in [0.4, 0.5) is 9.59 Å². The van der Waals surface area contributed by atoms with E-state index in [1.54, 1.807) is 0 Å². The Hall–Kier alpha value is -1.50. The van der Waals surface area contributed by atoms with Gasteiger partial charge in [0.1, 0.15) is 0 Å². The Morgan fingerprint density at radius 2 is 1.38 bits per heavy atom. The fourth-order valence-electron chi connectivity index (χ4n) is 1.23. The summed E-state index contributed by atoms with van der Waals surface area (Å²) >= 11 is 0. The van der Waals surface area contributed by atoms with Gasteiger partial charge in [0.15, 0.2) is 0 Å². The Labute approximate surface area is 95.5 Å². The van der Waals surface area contributed by atoms with E-state index in [2.05, 4.69) is 15.5 Å². The Morgan fingerprint density at radius 3 is 1.69 bits per heavy atom. The molecule has 0 spiro atoms. The molecule has 6 N–H and O–H groups in total. The number of amides is 4. The topological polar surface area (TPSA) is 113 Å². The second-order valence-corrected chi connectivity index (χ2v) is 3.59. The molecule has 0 fully saturated rings. The molecule has 0 atom stereocenters. The van der Waals surface area contributed by atoms with Crippen LogP contribution < -0.4 is 22.1 Å². The van der Waals surface area contributed by atoms with Crippen molar-refractivity contribution in [1.82, 2.24) is 15.5 Å². The standard InChI is InChI=1S/C9H21N5O2/c1-14(6-2-4-12-8(10)15)7-3-5-13-9(11)16/h2-7H2,1H3,(H3,10,12,15)(H3,11,13,16). The van der Waals surface area contributed by atoms with Crippen molar-refractivity contribution < 1.29 is 9.59 Å². The molecule has 0 aliphatic rings. The maximum Gasteiger partial charge on any atom is 0.312 e. The lowest BCUT2D eigenvalue weighted by molar-refractivity contribution is 0.247. The second kappa shape index (κ2) is 8.78. The van der Waals surface area contributed by atoms with E-state index in [-0.39, 0.29) is 0 Å². The number of hydrogen-bond donors (Lipinski definition) is 4. The molecule has 7 heteroatoms. The lowest BCUT2D eigenvalue weighted by Gasteiger charge is -2.16. The molecule has 0 aromatic heterocycles. The minimum absolute atomic E-state index is 0.492. The number of primary amides is 2. The third kappa shape index (κ3) is 10.6. The summed E-state index contributed by atoms with van der Waals surface area (Å²) in [6.45, 7) is 2.91. The zero-order valence-corrected chi connectivity index (χ0v) is 9.66. The van der Waals surface area contributed by atoms with Gasteiger partial charge in [-0.05, 0) is 33.0 Å². The number of carbonyl (C=O) groups excluding carboxylic acids is 2. The molecular formula is C9H21N5O2. The zero-order valence-electron chi connectivity index (χ0n) is 9.66. The number of urea groups is 2. The molecule has 94 valence electrons. The highest BCUT2D eigenvalue weighted by Gasteiger charge is 1.99. The Balaban J connectivity index is 3.27. The molecule has 0 aliphatic heterocycles. The molecule has 0 aromatic rings. The van der Waals surface area contributed by atoms with Gasteiger partial charge in [-0.3, -0.25) is 0 Å². The first kappa shape index (κ1) is 14.5. The number of nitrogens with one attached hydrogen (secondary N) is 2. The van der Waals surface area contributed by atoms with Crippen LogP contribution in [0.5, 0.6) is 0 Å². The van der Waals surface area contributed by atoms with Gasteiger partial charge in [-0.2, -0.15) is 0 Å². The molecule has 0 unspecified atom stereocenters. The summed E-state index contributed by atoms with van der Waals surface area (Å²) in [5, 5.41) is 5.04. The number of rotatable bonds is 8. The van der Waals surface area contributed by atoms with Crippen LogP contribution in [0.1, 0.15) is 12.8 Å². The van der Waals surface area contributed by atoms with Crippen molar-refractivity contribution in [1.29, 1.82) is 0 Å². The minimum Gasteiger partial charge on any atom is -0.352 e. The molecule has 0 aromatic carbocycles. The quantitative estimate of drug-likeness (QED) is 0.403. The predicted octanol–water partition coefficient (Wildman–Crippen LogP) is -0.965. The first-order valence-electron chi connectivity index (χ1n) is 5.27. The summed E-state index contributed by atoms with van der Waals surface area (Å²) < 4.78 is 0. The van der Waals surface area contributed by atoms with Crippen LogP contribution in [0.3, 0.4) is 0 Å². The molecule has 0 bridgehead atoms. The molecule has 0 saturated heterocycles. The fourth-order valence-corrected chi connectivity index (χ4v) is 1.23. The van der Waals surface area contributed by atoms with Gasteiger partial charge in [-0.25, -0.2) is 9.59 Å². The maximum atomic E-state index is 10.4. The summed E-state index contributed by atoms with van der Waals surface area (Å²) in [5.41, 5.74) is 9.84. The van der Waals surface area contributed by atoms with Crippen LogP contribution in [0.2, 0.25) is 0 Å². The molecule has 0 radical (unpaired) electrons. The molecule has 4 amide bonds. The van der Waals surface area contributed by atoms with Crippen LogP contribution in [0.15, 0.2) is 0 Å². The van der Waals surface area contributed by atoms with Crippen molar-refractivity contribution in [3.05, 3.63) is 0 Å². The van der Waals surface area contributed by atoms with Gasteiger partial charge in [0.25, 0.3) is 0 Å². The molecule has 0 rings (SSSR count). The molecule has 16 heavy (non-hydrogen) atoms. The van der Waals surface area contributed by atoms with Gasteiger partial charge in [0.05, 0.1) is 0 Å². The third-order valence-electron chi connectivity index (χ3n) is 2.03. The van der Waals surface area contributed by atoms with E-state index in [1.165, 1.54) is 0 Å². The van der Waals surface area contributed by atoms with E-state index in [9.17, 15) is 9.59 Å². The Kier molecular flexibility index (Phi) is 7.96. The van der Waals surface area contributed by atoms with Gasteiger partial charge in [-0.1, -0.05) is 0 Å². The van der Waals surface area contributed by atoms with Crippen LogP contribution in [0, 0.1) is 0 Å². The molecule has 7 nitrogen and oxygen atoms in total. The Morgan fingerprint density at radius 1 is 1.00 bits per heavy atom. The lowest BCUT2D eigenvalue weighted by atomic mass is 10.3. The summed E-state index contributed by atoms with van der Waals surface area (Å²) in [7, 11) is 1.98. The molecule has 0 saturated carbocycles. The highest BCUT2D eigenvalue weighted by molar-refractivity contribution is 5.71. The number of nitrogens with zero attached hydrogens (tertiary/aromatic N) is 1. The van der Waals surface area contributed by atoms with E-state index in [1.807, 2.05) is 7.05 Å². The van der Waals surface area contributed by atoms with E-state index < -0.39 is 12.1 Å². The molecule has 0 aliphatic carbocycles. The van der Waals surface area contributed by atoms with Crippen LogP contribution >= 0.6 is 0 Å². The van der Waals surface area contributed by atoms with E-state index >= 15 is 0 Å². The van der Waals surface area contributed by atoms with E-state index in [0.29, 0.717) is 13.1 Å². The largest absolute Gasteiger partial charge is 0.352 e. The van der Waals surface area contributed by atoms with Gasteiger partial charge < -0.3 is 27.0 Å². The highest BCUT2D eigenvalue weighted by Crippen LogP contribution is 1.89. The zero-order chi connectivity index (χ0) is 12.4. The van der Waals surface area contributed by atoms with Crippen LogP contribution in [0.25, 0.3) is 0 Å². The maximum absolute atomic E-state index is 10.4.